The SMILES string of the molecule is CCC(CC)(C(=O)N1C[C@@H](CO)[C@H](C)C1)c1ccc(Cl)c(Cl)c1. The van der Waals surface area contributed by atoms with Crippen LogP contribution in [0.4, 0.5) is 0 Å². The van der Waals surface area contributed by atoms with Crippen LogP contribution >= 0.6 is 23.2 Å². The van der Waals surface area contributed by atoms with Gasteiger partial charge in [0.1, 0.15) is 0 Å². The number of amides is 1. The second-order valence-electron chi connectivity index (χ2n) is 6.55. The zero-order valence-electron chi connectivity index (χ0n) is 14.0. The largest absolute Gasteiger partial charge is 0.396 e. The monoisotopic (exact) mass is 357 g/mol. The molecule has 0 spiro atoms. The zero-order chi connectivity index (χ0) is 17.2. The molecule has 128 valence electrons. The summed E-state index contributed by atoms with van der Waals surface area (Å²) in [6.07, 6.45) is 1.41. The standard InChI is InChI=1S/C18H25Cl2NO2/c1-4-18(5-2,14-6-7-15(19)16(20)8-14)17(23)21-9-12(3)13(10-21)11-22/h6-8,12-13,22H,4-5,9-11H2,1-3H3/t12-,13+/m1/s1. The van der Waals surface area contributed by atoms with E-state index >= 15 is 0 Å². The van der Waals surface area contributed by atoms with E-state index in [-0.39, 0.29) is 18.4 Å². The molecule has 5 heteroatoms. The molecule has 23 heavy (non-hydrogen) atoms. The van der Waals surface area contributed by atoms with E-state index in [4.69, 9.17) is 23.2 Å². The molecule has 1 aromatic carbocycles. The number of carbonyl (C=O) groups is 1. The Labute approximate surface area is 148 Å². The predicted molar refractivity (Wildman–Crippen MR) is 95.0 cm³/mol. The Hall–Kier alpha value is -0.770. The Balaban J connectivity index is 2.36. The number of carbonyl (C=O) groups excluding carboxylic acids is 1. The second kappa shape index (κ2) is 7.42. The van der Waals surface area contributed by atoms with Gasteiger partial charge in [-0.15, -0.1) is 0 Å². The molecule has 0 radical (unpaired) electrons. The van der Waals surface area contributed by atoms with Gasteiger partial charge >= 0.3 is 0 Å². The van der Waals surface area contributed by atoms with Crippen LogP contribution in [-0.4, -0.2) is 35.6 Å². The molecular weight excluding hydrogens is 333 g/mol. The molecule has 1 amide bonds. The summed E-state index contributed by atoms with van der Waals surface area (Å²) >= 11 is 12.2. The molecule has 0 aliphatic carbocycles. The quantitative estimate of drug-likeness (QED) is 0.860. The Kier molecular flexibility index (Phi) is 5.99. The van der Waals surface area contributed by atoms with Crippen LogP contribution in [0.1, 0.15) is 39.2 Å². The highest BCUT2D eigenvalue weighted by molar-refractivity contribution is 6.42. The van der Waals surface area contributed by atoms with Gasteiger partial charge in [-0.1, -0.05) is 50.0 Å². The molecule has 1 aromatic rings. The predicted octanol–water partition coefficient (Wildman–Crippen LogP) is 4.14. The molecule has 1 N–H and O–H groups in total. The molecule has 1 heterocycles. The van der Waals surface area contributed by atoms with Gasteiger partial charge in [0, 0.05) is 25.6 Å². The maximum absolute atomic E-state index is 13.3. The molecule has 2 atom stereocenters. The first-order valence-corrected chi connectivity index (χ1v) is 9.01. The fraction of sp³-hybridized carbons (Fsp3) is 0.611. The smallest absolute Gasteiger partial charge is 0.233 e. The molecular formula is C18H25Cl2NO2. The van der Waals surface area contributed by atoms with Gasteiger partial charge in [0.15, 0.2) is 0 Å². The molecule has 0 unspecified atom stereocenters. The van der Waals surface area contributed by atoms with E-state index in [1.54, 1.807) is 6.07 Å². The zero-order valence-corrected chi connectivity index (χ0v) is 15.5. The lowest BCUT2D eigenvalue weighted by Gasteiger charge is -2.35. The minimum absolute atomic E-state index is 0.128. The van der Waals surface area contributed by atoms with E-state index in [0.717, 1.165) is 5.56 Å². The van der Waals surface area contributed by atoms with Crippen molar-refractivity contribution >= 4 is 29.1 Å². The normalized spacial score (nSPS) is 21.7. The molecule has 2 rings (SSSR count). The summed E-state index contributed by atoms with van der Waals surface area (Å²) in [5.74, 6) is 0.618. The minimum Gasteiger partial charge on any atom is -0.396 e. The molecule has 1 aliphatic rings. The van der Waals surface area contributed by atoms with E-state index < -0.39 is 5.41 Å². The summed E-state index contributed by atoms with van der Waals surface area (Å²) in [6, 6.07) is 5.48. The summed E-state index contributed by atoms with van der Waals surface area (Å²) in [5, 5.41) is 10.4. The average Bonchev–Trinajstić information content (AvgIpc) is 2.93. The number of aliphatic hydroxyl groups excluding tert-OH is 1. The first kappa shape index (κ1) is 18.6. The summed E-state index contributed by atoms with van der Waals surface area (Å²) in [7, 11) is 0. The molecule has 0 saturated carbocycles. The van der Waals surface area contributed by atoms with Crippen molar-refractivity contribution in [2.75, 3.05) is 19.7 Å². The third-order valence-corrected chi connectivity index (χ3v) is 6.12. The van der Waals surface area contributed by atoms with E-state index in [2.05, 4.69) is 6.92 Å². The van der Waals surface area contributed by atoms with E-state index in [9.17, 15) is 9.90 Å². The fourth-order valence-corrected chi connectivity index (χ4v) is 3.92. The van der Waals surface area contributed by atoms with Crippen molar-refractivity contribution in [2.24, 2.45) is 11.8 Å². The maximum Gasteiger partial charge on any atom is 0.233 e. The lowest BCUT2D eigenvalue weighted by atomic mass is 9.74. The van der Waals surface area contributed by atoms with Gasteiger partial charge in [0.05, 0.1) is 15.5 Å². The van der Waals surface area contributed by atoms with Crippen LogP contribution in [0.2, 0.25) is 10.0 Å². The van der Waals surface area contributed by atoms with Crippen LogP contribution in [-0.2, 0) is 10.2 Å². The Morgan fingerprint density at radius 2 is 1.91 bits per heavy atom. The average molecular weight is 358 g/mol. The number of rotatable bonds is 5. The van der Waals surface area contributed by atoms with Crippen LogP contribution in [0.3, 0.4) is 0 Å². The summed E-state index contributed by atoms with van der Waals surface area (Å²) in [6.45, 7) is 7.61. The molecule has 3 nitrogen and oxygen atoms in total. The second-order valence-corrected chi connectivity index (χ2v) is 7.36. The Morgan fingerprint density at radius 3 is 2.39 bits per heavy atom. The summed E-state index contributed by atoms with van der Waals surface area (Å²) < 4.78 is 0. The van der Waals surface area contributed by atoms with Crippen molar-refractivity contribution in [1.29, 1.82) is 0 Å². The van der Waals surface area contributed by atoms with Gasteiger partial charge in [-0.25, -0.2) is 0 Å². The van der Waals surface area contributed by atoms with Crippen LogP contribution in [0.15, 0.2) is 18.2 Å². The molecule has 1 saturated heterocycles. The highest BCUT2D eigenvalue weighted by Gasteiger charge is 2.43. The van der Waals surface area contributed by atoms with Crippen LogP contribution in [0.5, 0.6) is 0 Å². The third-order valence-electron chi connectivity index (χ3n) is 5.38. The van der Waals surface area contributed by atoms with Gasteiger partial charge in [0.2, 0.25) is 5.91 Å². The summed E-state index contributed by atoms with van der Waals surface area (Å²) in [5.41, 5.74) is 0.333. The minimum atomic E-state index is -0.585. The fourth-order valence-electron chi connectivity index (χ4n) is 3.62. The molecule has 1 aliphatic heterocycles. The number of aliphatic hydroxyl groups is 1. The van der Waals surface area contributed by atoms with E-state index in [1.165, 1.54) is 0 Å². The van der Waals surface area contributed by atoms with Crippen molar-refractivity contribution in [1.82, 2.24) is 4.90 Å². The van der Waals surface area contributed by atoms with E-state index in [0.29, 0.717) is 41.9 Å². The number of hydrogen-bond acceptors (Lipinski definition) is 2. The molecule has 0 bridgehead atoms. The van der Waals surface area contributed by atoms with Gasteiger partial charge in [-0.05, 0) is 36.5 Å². The molecule has 1 fully saturated rings. The maximum atomic E-state index is 13.3. The number of halogens is 2. The third kappa shape index (κ3) is 3.38. The lowest BCUT2D eigenvalue weighted by Crippen LogP contribution is -2.45. The number of hydrogen-bond donors (Lipinski definition) is 1. The number of nitrogens with zero attached hydrogens (tertiary/aromatic N) is 1. The van der Waals surface area contributed by atoms with Gasteiger partial charge < -0.3 is 10.0 Å². The van der Waals surface area contributed by atoms with Crippen molar-refractivity contribution in [3.8, 4) is 0 Å². The number of likely N-dealkylation sites (tertiary alicyclic amines) is 1. The van der Waals surface area contributed by atoms with E-state index in [1.807, 2.05) is 30.9 Å². The molecule has 0 aromatic heterocycles. The summed E-state index contributed by atoms with van der Waals surface area (Å²) in [4.78, 5) is 15.2. The first-order valence-electron chi connectivity index (χ1n) is 8.25. The number of benzene rings is 1. The van der Waals surface area contributed by atoms with Crippen LogP contribution in [0.25, 0.3) is 0 Å². The van der Waals surface area contributed by atoms with Gasteiger partial charge in [-0.2, -0.15) is 0 Å². The lowest BCUT2D eigenvalue weighted by molar-refractivity contribution is -0.137. The highest BCUT2D eigenvalue weighted by atomic mass is 35.5. The first-order chi connectivity index (χ1) is 10.9. The van der Waals surface area contributed by atoms with Crippen molar-refractivity contribution in [3.63, 3.8) is 0 Å². The van der Waals surface area contributed by atoms with Gasteiger partial charge in [-0.3, -0.25) is 4.79 Å². The van der Waals surface area contributed by atoms with Crippen molar-refractivity contribution in [2.45, 2.75) is 39.0 Å². The van der Waals surface area contributed by atoms with Crippen molar-refractivity contribution in [3.05, 3.63) is 33.8 Å². The van der Waals surface area contributed by atoms with Crippen LogP contribution < -0.4 is 0 Å². The van der Waals surface area contributed by atoms with Crippen LogP contribution in [0, 0.1) is 11.8 Å². The van der Waals surface area contributed by atoms with Crippen molar-refractivity contribution < 1.29 is 9.90 Å². The Morgan fingerprint density at radius 1 is 1.26 bits per heavy atom. The topological polar surface area (TPSA) is 40.5 Å². The van der Waals surface area contributed by atoms with Gasteiger partial charge in [0.25, 0.3) is 0 Å². The Bertz CT molecular complexity index is 572. The highest BCUT2D eigenvalue weighted by Crippen LogP contribution is 2.38.